The van der Waals surface area contributed by atoms with Gasteiger partial charge in [-0.2, -0.15) is 0 Å². The van der Waals surface area contributed by atoms with E-state index in [-0.39, 0.29) is 0 Å². The Bertz CT molecular complexity index is 367. The highest BCUT2D eigenvalue weighted by Gasteiger charge is 2.31. The summed E-state index contributed by atoms with van der Waals surface area (Å²) in [6, 6.07) is 0.459. The molecule has 80 valence electrons. The Hall–Kier alpha value is -1.16. The van der Waals surface area contributed by atoms with Crippen molar-refractivity contribution in [1.82, 2.24) is 15.3 Å². The van der Waals surface area contributed by atoms with Crippen LogP contribution in [0.25, 0.3) is 0 Å². The Morgan fingerprint density at radius 1 is 1.33 bits per heavy atom. The lowest BCUT2D eigenvalue weighted by Gasteiger charge is -2.14. The number of anilines is 1. The second-order valence-electron chi connectivity index (χ2n) is 4.49. The Morgan fingerprint density at radius 2 is 2.20 bits per heavy atom. The minimum Gasteiger partial charge on any atom is -0.368 e. The van der Waals surface area contributed by atoms with Crippen molar-refractivity contribution in [3.05, 3.63) is 17.5 Å². The molecule has 1 aliphatic heterocycles. The van der Waals surface area contributed by atoms with Crippen LogP contribution in [-0.4, -0.2) is 16.5 Å². The third-order valence-electron chi connectivity index (χ3n) is 3.27. The Balaban J connectivity index is 1.97. The number of nitrogen functional groups attached to an aromatic ring is 1. The lowest BCUT2D eigenvalue weighted by molar-refractivity contribution is 0.631. The van der Waals surface area contributed by atoms with Crippen molar-refractivity contribution in [2.45, 2.75) is 37.6 Å². The summed E-state index contributed by atoms with van der Waals surface area (Å²) in [5, 5.41) is 3.49. The highest BCUT2D eigenvalue weighted by Crippen LogP contribution is 2.42. The zero-order chi connectivity index (χ0) is 10.3. The number of hydrogen-bond donors (Lipinski definition) is 2. The fraction of sp³-hybridized carbons (Fsp3) is 0.636. The minimum atomic E-state index is 0.415. The summed E-state index contributed by atoms with van der Waals surface area (Å²) in [6.45, 7) is 1.11. The fourth-order valence-corrected chi connectivity index (χ4v) is 2.32. The van der Waals surface area contributed by atoms with E-state index in [1.807, 2.05) is 6.20 Å². The molecule has 3 rings (SSSR count). The van der Waals surface area contributed by atoms with Crippen LogP contribution in [0.15, 0.2) is 6.20 Å². The van der Waals surface area contributed by atoms with Crippen molar-refractivity contribution in [3.8, 4) is 0 Å². The summed E-state index contributed by atoms with van der Waals surface area (Å²) in [6.07, 6.45) is 6.89. The monoisotopic (exact) mass is 204 g/mol. The Kier molecular flexibility index (Phi) is 2.09. The molecule has 2 fully saturated rings. The molecule has 3 N–H and O–H groups in total. The molecule has 2 heterocycles. The van der Waals surface area contributed by atoms with E-state index >= 15 is 0 Å². The van der Waals surface area contributed by atoms with Gasteiger partial charge in [-0.15, -0.1) is 0 Å². The van der Waals surface area contributed by atoms with Crippen molar-refractivity contribution in [2.24, 2.45) is 0 Å². The minimum absolute atomic E-state index is 0.415. The predicted octanol–water partition coefficient (Wildman–Crippen LogP) is 1.36. The van der Waals surface area contributed by atoms with Crippen LogP contribution >= 0.6 is 0 Å². The molecule has 15 heavy (non-hydrogen) atoms. The van der Waals surface area contributed by atoms with Gasteiger partial charge < -0.3 is 11.1 Å². The van der Waals surface area contributed by atoms with Gasteiger partial charge in [0.25, 0.3) is 0 Å². The maximum absolute atomic E-state index is 5.65. The van der Waals surface area contributed by atoms with Gasteiger partial charge in [-0.05, 0) is 32.2 Å². The van der Waals surface area contributed by atoms with Gasteiger partial charge in [0.2, 0.25) is 5.95 Å². The van der Waals surface area contributed by atoms with E-state index in [0.29, 0.717) is 17.9 Å². The van der Waals surface area contributed by atoms with Crippen LogP contribution in [0.5, 0.6) is 0 Å². The lowest BCUT2D eigenvalue weighted by atomic mass is 10.0. The lowest BCUT2D eigenvalue weighted by Crippen LogP contribution is -2.16. The smallest absolute Gasteiger partial charge is 0.220 e. The first-order chi connectivity index (χ1) is 7.34. The maximum atomic E-state index is 5.65. The second kappa shape index (κ2) is 3.45. The second-order valence-corrected chi connectivity index (χ2v) is 4.49. The molecule has 1 saturated carbocycles. The summed E-state index contributed by atoms with van der Waals surface area (Å²) >= 11 is 0. The predicted molar refractivity (Wildman–Crippen MR) is 58.4 cm³/mol. The maximum Gasteiger partial charge on any atom is 0.220 e. The average molecular weight is 204 g/mol. The van der Waals surface area contributed by atoms with E-state index < -0.39 is 0 Å². The summed E-state index contributed by atoms with van der Waals surface area (Å²) in [4.78, 5) is 8.53. The first-order valence-electron chi connectivity index (χ1n) is 5.70. The zero-order valence-electron chi connectivity index (χ0n) is 8.74. The molecule has 1 unspecified atom stereocenters. The van der Waals surface area contributed by atoms with Crippen molar-refractivity contribution < 1.29 is 0 Å². The SMILES string of the molecule is Nc1ncc(C2CCCN2)c(C2CC2)n1. The zero-order valence-corrected chi connectivity index (χ0v) is 8.74. The number of nitrogens with zero attached hydrogens (tertiary/aromatic N) is 2. The fourth-order valence-electron chi connectivity index (χ4n) is 2.32. The van der Waals surface area contributed by atoms with Crippen LogP contribution < -0.4 is 11.1 Å². The largest absolute Gasteiger partial charge is 0.368 e. The van der Waals surface area contributed by atoms with Gasteiger partial charge in [0, 0.05) is 23.7 Å². The molecular weight excluding hydrogens is 188 g/mol. The van der Waals surface area contributed by atoms with Crippen molar-refractivity contribution >= 4 is 5.95 Å². The molecule has 1 atom stereocenters. The topological polar surface area (TPSA) is 63.8 Å². The first kappa shape index (κ1) is 9.09. The van der Waals surface area contributed by atoms with E-state index in [1.54, 1.807) is 0 Å². The van der Waals surface area contributed by atoms with Gasteiger partial charge in [-0.3, -0.25) is 0 Å². The molecule has 0 amide bonds. The van der Waals surface area contributed by atoms with E-state index in [9.17, 15) is 0 Å². The summed E-state index contributed by atoms with van der Waals surface area (Å²) in [5.41, 5.74) is 8.13. The van der Waals surface area contributed by atoms with Gasteiger partial charge in [-0.25, -0.2) is 9.97 Å². The third kappa shape index (κ3) is 1.69. The van der Waals surface area contributed by atoms with E-state index in [0.717, 1.165) is 6.54 Å². The highest BCUT2D eigenvalue weighted by molar-refractivity contribution is 5.33. The normalized spacial score (nSPS) is 25.7. The molecule has 0 aromatic carbocycles. The molecule has 0 bridgehead atoms. The summed E-state index contributed by atoms with van der Waals surface area (Å²) in [5.74, 6) is 1.06. The van der Waals surface area contributed by atoms with Crippen molar-refractivity contribution in [3.63, 3.8) is 0 Å². The van der Waals surface area contributed by atoms with Crippen molar-refractivity contribution in [1.29, 1.82) is 0 Å². The molecule has 0 radical (unpaired) electrons. The summed E-state index contributed by atoms with van der Waals surface area (Å²) < 4.78 is 0. The molecule has 1 saturated heterocycles. The summed E-state index contributed by atoms with van der Waals surface area (Å²) in [7, 11) is 0. The van der Waals surface area contributed by atoms with Crippen LogP contribution in [-0.2, 0) is 0 Å². The third-order valence-corrected chi connectivity index (χ3v) is 3.27. The molecular formula is C11H16N4. The Morgan fingerprint density at radius 3 is 2.87 bits per heavy atom. The molecule has 4 heteroatoms. The molecule has 1 aromatic rings. The van der Waals surface area contributed by atoms with Crippen LogP contribution in [0, 0.1) is 0 Å². The van der Waals surface area contributed by atoms with E-state index in [4.69, 9.17) is 5.73 Å². The van der Waals surface area contributed by atoms with E-state index in [2.05, 4.69) is 15.3 Å². The highest BCUT2D eigenvalue weighted by atomic mass is 15.0. The Labute approximate surface area is 89.3 Å². The molecule has 4 nitrogen and oxygen atoms in total. The van der Waals surface area contributed by atoms with Crippen molar-refractivity contribution in [2.75, 3.05) is 12.3 Å². The number of nitrogens with two attached hydrogens (primary N) is 1. The molecule has 2 aliphatic rings. The van der Waals surface area contributed by atoms with Gasteiger partial charge >= 0.3 is 0 Å². The van der Waals surface area contributed by atoms with Gasteiger partial charge in [0.1, 0.15) is 0 Å². The van der Waals surface area contributed by atoms with Crippen LogP contribution in [0.4, 0.5) is 5.95 Å². The van der Waals surface area contributed by atoms with E-state index in [1.165, 1.54) is 36.9 Å². The van der Waals surface area contributed by atoms with Crippen LogP contribution in [0.3, 0.4) is 0 Å². The van der Waals surface area contributed by atoms with Gasteiger partial charge in [-0.1, -0.05) is 0 Å². The standard InChI is InChI=1S/C11H16N4/c12-11-14-6-8(9-2-1-5-13-9)10(15-11)7-3-4-7/h6-7,9,13H,1-5H2,(H2,12,14,15). The molecule has 1 aliphatic carbocycles. The molecule has 1 aromatic heterocycles. The van der Waals surface area contributed by atoms with Gasteiger partial charge in [0.05, 0.1) is 5.69 Å². The van der Waals surface area contributed by atoms with Gasteiger partial charge in [0.15, 0.2) is 0 Å². The first-order valence-corrected chi connectivity index (χ1v) is 5.70. The number of rotatable bonds is 2. The van der Waals surface area contributed by atoms with Crippen LogP contribution in [0.2, 0.25) is 0 Å². The number of hydrogen-bond acceptors (Lipinski definition) is 4. The quantitative estimate of drug-likeness (QED) is 0.763. The number of nitrogens with one attached hydrogen (secondary N) is 1. The van der Waals surface area contributed by atoms with Crippen LogP contribution in [0.1, 0.15) is 48.9 Å². The molecule has 0 spiro atoms. The average Bonchev–Trinajstić information content (AvgIpc) is 2.95. The number of aromatic nitrogens is 2.